The van der Waals surface area contributed by atoms with Gasteiger partial charge >= 0.3 is 0 Å². The molecule has 0 aliphatic carbocycles. The fourth-order valence-corrected chi connectivity index (χ4v) is 2.27. The molecule has 3 rings (SSSR count). The summed E-state index contributed by atoms with van der Waals surface area (Å²) in [5.41, 5.74) is 2.20. The molecule has 3 aromatic rings. The Morgan fingerprint density at radius 2 is 1.87 bits per heavy atom. The van der Waals surface area contributed by atoms with Crippen molar-refractivity contribution in [2.45, 2.75) is 6.04 Å². The number of benzene rings is 2. The van der Waals surface area contributed by atoms with Gasteiger partial charge in [0.15, 0.2) is 0 Å². The first kappa shape index (κ1) is 14.9. The van der Waals surface area contributed by atoms with Crippen molar-refractivity contribution < 1.29 is 9.90 Å². The fraction of sp³-hybridized carbons (Fsp3) is 0.118. The second kappa shape index (κ2) is 6.85. The van der Waals surface area contributed by atoms with Crippen LogP contribution >= 0.6 is 0 Å². The Hall–Kier alpha value is -2.99. The molecule has 0 bridgehead atoms. The lowest BCUT2D eigenvalue weighted by Gasteiger charge is -2.16. The van der Waals surface area contributed by atoms with Crippen LogP contribution in [0.5, 0.6) is 0 Å². The van der Waals surface area contributed by atoms with Gasteiger partial charge < -0.3 is 10.4 Å². The van der Waals surface area contributed by atoms with E-state index in [0.29, 0.717) is 5.56 Å². The monoisotopic (exact) mass is 308 g/mol. The minimum atomic E-state index is -0.432. The molecule has 0 unspecified atom stereocenters. The van der Waals surface area contributed by atoms with Crippen molar-refractivity contribution in [3.05, 3.63) is 78.4 Å². The summed E-state index contributed by atoms with van der Waals surface area (Å²) in [6.45, 7) is -0.160. The summed E-state index contributed by atoms with van der Waals surface area (Å²) in [7, 11) is 0. The predicted molar refractivity (Wildman–Crippen MR) is 85.1 cm³/mol. The van der Waals surface area contributed by atoms with Crippen molar-refractivity contribution in [1.82, 2.24) is 20.1 Å². The average Bonchev–Trinajstić information content (AvgIpc) is 3.15. The second-order valence-corrected chi connectivity index (χ2v) is 5.01. The lowest BCUT2D eigenvalue weighted by molar-refractivity contribution is 0.0916. The van der Waals surface area contributed by atoms with E-state index in [1.54, 1.807) is 35.3 Å². The number of nitrogens with one attached hydrogen (secondary N) is 1. The zero-order valence-corrected chi connectivity index (χ0v) is 12.3. The van der Waals surface area contributed by atoms with E-state index in [1.165, 1.54) is 6.33 Å². The standard InChI is InChI=1S/C17H16N4O2/c22-10-16(13-4-2-1-3-5-13)20-17(23)14-6-8-15(9-7-14)21-12-18-11-19-21/h1-9,11-12,16,22H,10H2,(H,20,23)/t16-/m1/s1. The average molecular weight is 308 g/mol. The van der Waals surface area contributed by atoms with Gasteiger partial charge in [-0.15, -0.1) is 0 Å². The molecule has 23 heavy (non-hydrogen) atoms. The van der Waals surface area contributed by atoms with Crippen molar-refractivity contribution in [2.24, 2.45) is 0 Å². The molecule has 1 heterocycles. The maximum Gasteiger partial charge on any atom is 0.251 e. The highest BCUT2D eigenvalue weighted by Crippen LogP contribution is 2.14. The van der Waals surface area contributed by atoms with Crippen molar-refractivity contribution in [3.8, 4) is 5.69 Å². The number of aromatic nitrogens is 3. The molecule has 116 valence electrons. The van der Waals surface area contributed by atoms with Crippen LogP contribution in [0.2, 0.25) is 0 Å². The summed E-state index contributed by atoms with van der Waals surface area (Å²) in [5.74, 6) is -0.238. The van der Waals surface area contributed by atoms with Crippen molar-refractivity contribution >= 4 is 5.91 Å². The van der Waals surface area contributed by atoms with Crippen LogP contribution in [0.15, 0.2) is 67.3 Å². The number of amides is 1. The second-order valence-electron chi connectivity index (χ2n) is 5.01. The van der Waals surface area contributed by atoms with E-state index >= 15 is 0 Å². The van der Waals surface area contributed by atoms with Crippen molar-refractivity contribution in [3.63, 3.8) is 0 Å². The summed E-state index contributed by atoms with van der Waals surface area (Å²) in [6, 6.07) is 16.0. The van der Waals surface area contributed by atoms with Gasteiger partial charge in [0.05, 0.1) is 18.3 Å². The molecule has 0 spiro atoms. The Morgan fingerprint density at radius 3 is 2.48 bits per heavy atom. The summed E-state index contributed by atoms with van der Waals surface area (Å²) in [6.07, 6.45) is 3.04. The molecule has 6 heteroatoms. The molecule has 0 fully saturated rings. The van der Waals surface area contributed by atoms with Gasteiger partial charge in [-0.2, -0.15) is 5.10 Å². The maximum absolute atomic E-state index is 12.3. The normalized spacial score (nSPS) is 11.9. The number of carbonyl (C=O) groups is 1. The topological polar surface area (TPSA) is 80.0 Å². The number of nitrogens with zero attached hydrogens (tertiary/aromatic N) is 3. The molecule has 0 saturated carbocycles. The maximum atomic E-state index is 12.3. The molecule has 2 N–H and O–H groups in total. The molecule has 6 nitrogen and oxygen atoms in total. The first-order chi connectivity index (χ1) is 11.3. The molecule has 1 amide bonds. The molecule has 1 aromatic heterocycles. The van der Waals surface area contributed by atoms with Crippen LogP contribution in [-0.4, -0.2) is 32.4 Å². The highest BCUT2D eigenvalue weighted by molar-refractivity contribution is 5.94. The van der Waals surface area contributed by atoms with Gasteiger partial charge in [0.2, 0.25) is 0 Å². The first-order valence-electron chi connectivity index (χ1n) is 7.19. The molecule has 0 aliphatic heterocycles. The predicted octanol–water partition coefficient (Wildman–Crippen LogP) is 1.73. The largest absolute Gasteiger partial charge is 0.394 e. The van der Waals surface area contributed by atoms with E-state index in [1.807, 2.05) is 30.3 Å². The lowest BCUT2D eigenvalue weighted by atomic mass is 10.1. The van der Waals surface area contributed by atoms with Crippen LogP contribution in [0, 0.1) is 0 Å². The number of aliphatic hydroxyl groups excluding tert-OH is 1. The Kier molecular flexibility index (Phi) is 4.44. The van der Waals surface area contributed by atoms with Crippen LogP contribution in [0.3, 0.4) is 0 Å². The Bertz CT molecular complexity index is 755. The Morgan fingerprint density at radius 1 is 1.13 bits per heavy atom. The number of hydrogen-bond donors (Lipinski definition) is 2. The molecule has 0 saturated heterocycles. The van der Waals surface area contributed by atoms with Gasteiger partial charge in [0, 0.05) is 5.56 Å². The third-order valence-electron chi connectivity index (χ3n) is 3.50. The number of rotatable bonds is 5. The van der Waals surface area contributed by atoms with Crippen LogP contribution in [0.25, 0.3) is 5.69 Å². The SMILES string of the molecule is O=C(N[C@H](CO)c1ccccc1)c1ccc(-n2cncn2)cc1. The van der Waals surface area contributed by atoms with Crippen LogP contribution in [0.4, 0.5) is 0 Å². The third kappa shape index (κ3) is 3.44. The summed E-state index contributed by atoms with van der Waals surface area (Å²) < 4.78 is 1.61. The van der Waals surface area contributed by atoms with Crippen LogP contribution in [0.1, 0.15) is 22.0 Å². The highest BCUT2D eigenvalue weighted by Gasteiger charge is 2.14. The first-order valence-corrected chi connectivity index (χ1v) is 7.19. The number of carbonyl (C=O) groups excluding carboxylic acids is 1. The van der Waals surface area contributed by atoms with E-state index in [9.17, 15) is 9.90 Å². The molecule has 0 radical (unpaired) electrons. The van der Waals surface area contributed by atoms with Crippen molar-refractivity contribution in [2.75, 3.05) is 6.61 Å². The Balaban J connectivity index is 1.72. The lowest BCUT2D eigenvalue weighted by Crippen LogP contribution is -2.30. The number of hydrogen-bond acceptors (Lipinski definition) is 4. The minimum absolute atomic E-state index is 0.160. The number of aliphatic hydroxyl groups is 1. The van der Waals surface area contributed by atoms with E-state index in [-0.39, 0.29) is 12.5 Å². The van der Waals surface area contributed by atoms with Gasteiger partial charge in [-0.3, -0.25) is 4.79 Å². The third-order valence-corrected chi connectivity index (χ3v) is 3.50. The molecular formula is C17H16N4O2. The quantitative estimate of drug-likeness (QED) is 0.752. The smallest absolute Gasteiger partial charge is 0.251 e. The van der Waals surface area contributed by atoms with Crippen LogP contribution < -0.4 is 5.32 Å². The fourth-order valence-electron chi connectivity index (χ4n) is 2.27. The van der Waals surface area contributed by atoms with E-state index in [2.05, 4.69) is 15.4 Å². The van der Waals surface area contributed by atoms with Gasteiger partial charge in [0.25, 0.3) is 5.91 Å². The molecule has 1 atom stereocenters. The zero-order valence-electron chi connectivity index (χ0n) is 12.3. The van der Waals surface area contributed by atoms with E-state index in [4.69, 9.17) is 0 Å². The molecular weight excluding hydrogens is 292 g/mol. The summed E-state index contributed by atoms with van der Waals surface area (Å²) in [4.78, 5) is 16.2. The zero-order chi connectivity index (χ0) is 16.1. The van der Waals surface area contributed by atoms with Gasteiger partial charge in [-0.1, -0.05) is 30.3 Å². The highest BCUT2D eigenvalue weighted by atomic mass is 16.3. The van der Waals surface area contributed by atoms with Gasteiger partial charge in [-0.25, -0.2) is 9.67 Å². The Labute approximate surface area is 133 Å². The van der Waals surface area contributed by atoms with Crippen LogP contribution in [-0.2, 0) is 0 Å². The molecule has 0 aliphatic rings. The summed E-state index contributed by atoms with van der Waals surface area (Å²) >= 11 is 0. The van der Waals surface area contributed by atoms with Crippen molar-refractivity contribution in [1.29, 1.82) is 0 Å². The van der Waals surface area contributed by atoms with E-state index < -0.39 is 6.04 Å². The summed E-state index contributed by atoms with van der Waals surface area (Å²) in [5, 5.41) is 16.4. The van der Waals surface area contributed by atoms with Gasteiger partial charge in [0.1, 0.15) is 12.7 Å². The van der Waals surface area contributed by atoms with E-state index in [0.717, 1.165) is 11.3 Å². The minimum Gasteiger partial charge on any atom is -0.394 e. The molecule has 2 aromatic carbocycles. The van der Waals surface area contributed by atoms with Gasteiger partial charge in [-0.05, 0) is 29.8 Å².